The summed E-state index contributed by atoms with van der Waals surface area (Å²) in [5.74, 6) is -7.16. The maximum absolute atomic E-state index is 14.8. The second-order valence-electron chi connectivity index (χ2n) is 8.79. The van der Waals surface area contributed by atoms with E-state index >= 15 is 0 Å². The number of nitrogens with zero attached hydrogens (tertiary/aromatic N) is 1. The summed E-state index contributed by atoms with van der Waals surface area (Å²) in [5.41, 5.74) is -0.614. The molecule has 3 rings (SSSR count). The summed E-state index contributed by atoms with van der Waals surface area (Å²) in [6, 6.07) is 3.82. The molecule has 30 heavy (non-hydrogen) atoms. The van der Waals surface area contributed by atoms with E-state index in [9.17, 15) is 27.6 Å². The van der Waals surface area contributed by atoms with Gasteiger partial charge in [0.05, 0.1) is 18.4 Å². The van der Waals surface area contributed by atoms with Crippen LogP contribution in [-0.2, 0) is 14.3 Å². The Balaban J connectivity index is 1.75. The van der Waals surface area contributed by atoms with Crippen LogP contribution in [0, 0.1) is 5.82 Å². The number of likely N-dealkylation sites (tertiary alicyclic amines) is 1. The van der Waals surface area contributed by atoms with E-state index in [2.05, 4.69) is 5.32 Å². The first kappa shape index (κ1) is 22.1. The molecule has 6 nitrogen and oxygen atoms in total. The number of amides is 3. The number of carbonyl (C=O) groups is 3. The number of ether oxygens (including phenoxy) is 1. The molecule has 1 aromatic carbocycles. The summed E-state index contributed by atoms with van der Waals surface area (Å²) in [7, 11) is 0. The molecule has 164 valence electrons. The first-order valence-electron chi connectivity index (χ1n) is 9.86. The molecule has 2 aliphatic heterocycles. The Hall–Kier alpha value is -2.58. The number of hydrogen-bond donors (Lipinski definition) is 1. The minimum Gasteiger partial charge on any atom is -0.444 e. The molecule has 1 aromatic rings. The fraction of sp³-hybridized carbons (Fsp3) is 0.571. The lowest BCUT2D eigenvalue weighted by Gasteiger charge is -2.39. The van der Waals surface area contributed by atoms with Crippen molar-refractivity contribution in [2.45, 2.75) is 63.4 Å². The van der Waals surface area contributed by atoms with Crippen molar-refractivity contribution in [3.63, 3.8) is 0 Å². The molecule has 2 unspecified atom stereocenters. The number of benzene rings is 1. The van der Waals surface area contributed by atoms with Gasteiger partial charge in [0.2, 0.25) is 11.8 Å². The average Bonchev–Trinajstić information content (AvgIpc) is 2.60. The van der Waals surface area contributed by atoms with Gasteiger partial charge < -0.3 is 9.64 Å². The molecule has 0 bridgehead atoms. The molecule has 2 atom stereocenters. The lowest BCUT2D eigenvalue weighted by Crippen LogP contribution is -2.51. The maximum atomic E-state index is 14.8. The predicted molar refractivity (Wildman–Crippen MR) is 102 cm³/mol. The van der Waals surface area contributed by atoms with Crippen molar-refractivity contribution in [2.24, 2.45) is 0 Å². The molecule has 2 saturated heterocycles. The summed E-state index contributed by atoms with van der Waals surface area (Å²) < 4.78 is 49.6. The zero-order chi connectivity index (χ0) is 22.3. The van der Waals surface area contributed by atoms with Gasteiger partial charge in [-0.3, -0.25) is 14.9 Å². The van der Waals surface area contributed by atoms with Gasteiger partial charge in [0.15, 0.2) is 0 Å². The van der Waals surface area contributed by atoms with Crippen LogP contribution in [0.5, 0.6) is 0 Å². The Morgan fingerprint density at radius 3 is 2.50 bits per heavy atom. The molecule has 2 aliphatic rings. The molecule has 2 fully saturated rings. The Morgan fingerprint density at radius 2 is 1.93 bits per heavy atom. The summed E-state index contributed by atoms with van der Waals surface area (Å²) in [4.78, 5) is 36.3. The molecular formula is C21H25F3N2O4. The zero-order valence-electron chi connectivity index (χ0n) is 17.1. The van der Waals surface area contributed by atoms with Crippen LogP contribution in [-0.4, -0.2) is 47.4 Å². The van der Waals surface area contributed by atoms with Gasteiger partial charge in [-0.1, -0.05) is 12.1 Å². The van der Waals surface area contributed by atoms with E-state index in [1.165, 1.54) is 12.1 Å². The van der Waals surface area contributed by atoms with Crippen LogP contribution in [0.2, 0.25) is 0 Å². The van der Waals surface area contributed by atoms with Crippen LogP contribution in [0.4, 0.5) is 18.0 Å². The molecule has 3 amide bonds. The minimum atomic E-state index is -3.34. The minimum absolute atomic E-state index is 0.0174. The average molecular weight is 426 g/mol. The van der Waals surface area contributed by atoms with Gasteiger partial charge in [-0.15, -0.1) is 0 Å². The van der Waals surface area contributed by atoms with Crippen LogP contribution in [0.1, 0.15) is 63.0 Å². The van der Waals surface area contributed by atoms with E-state index < -0.39 is 47.7 Å². The predicted octanol–water partition coefficient (Wildman–Crippen LogP) is 3.71. The number of nitrogens with one attached hydrogen (secondary N) is 1. The standard InChI is InChI=1S/C21H25F3N2O4/c1-20(2,3)30-19(29)26-9-8-15(21(23,24)11-26)14-5-4-12(10-16(14)22)13-6-7-17(27)25-18(13)28/h4-5,10,13,15H,6-9,11H2,1-3H3,(H,25,27,28). The Morgan fingerprint density at radius 1 is 1.23 bits per heavy atom. The second kappa shape index (κ2) is 7.92. The van der Waals surface area contributed by atoms with Gasteiger partial charge in [0, 0.05) is 13.0 Å². The van der Waals surface area contributed by atoms with Gasteiger partial charge in [0.1, 0.15) is 11.4 Å². The van der Waals surface area contributed by atoms with Crippen molar-refractivity contribution in [1.29, 1.82) is 0 Å². The molecule has 1 N–H and O–H groups in total. The fourth-order valence-corrected chi connectivity index (χ4v) is 3.86. The molecule has 0 saturated carbocycles. The fourth-order valence-electron chi connectivity index (χ4n) is 3.86. The molecule has 0 spiro atoms. The van der Waals surface area contributed by atoms with Gasteiger partial charge in [0.25, 0.3) is 5.92 Å². The topological polar surface area (TPSA) is 75.7 Å². The number of hydrogen-bond acceptors (Lipinski definition) is 4. The molecule has 9 heteroatoms. The quantitative estimate of drug-likeness (QED) is 0.732. The normalized spacial score (nSPS) is 24.4. The lowest BCUT2D eigenvalue weighted by molar-refractivity contribution is -0.134. The van der Waals surface area contributed by atoms with Gasteiger partial charge in [-0.2, -0.15) is 0 Å². The third-order valence-electron chi connectivity index (χ3n) is 5.29. The van der Waals surface area contributed by atoms with Crippen molar-refractivity contribution in [1.82, 2.24) is 10.2 Å². The van der Waals surface area contributed by atoms with Crippen molar-refractivity contribution in [3.05, 3.63) is 35.1 Å². The van der Waals surface area contributed by atoms with Gasteiger partial charge in [-0.25, -0.2) is 18.0 Å². The van der Waals surface area contributed by atoms with Crippen LogP contribution in [0.15, 0.2) is 18.2 Å². The van der Waals surface area contributed by atoms with Crippen molar-refractivity contribution in [2.75, 3.05) is 13.1 Å². The number of halogens is 3. The number of imide groups is 1. The molecule has 0 aromatic heterocycles. The van der Waals surface area contributed by atoms with Crippen LogP contribution in [0.3, 0.4) is 0 Å². The molecule has 0 radical (unpaired) electrons. The van der Waals surface area contributed by atoms with E-state index in [1.807, 2.05) is 0 Å². The summed E-state index contributed by atoms with van der Waals surface area (Å²) in [5, 5.41) is 2.20. The highest BCUT2D eigenvalue weighted by molar-refractivity contribution is 6.00. The van der Waals surface area contributed by atoms with Crippen molar-refractivity contribution >= 4 is 17.9 Å². The van der Waals surface area contributed by atoms with Gasteiger partial charge in [-0.05, 0) is 50.8 Å². The monoisotopic (exact) mass is 426 g/mol. The first-order chi connectivity index (χ1) is 13.9. The Bertz CT molecular complexity index is 866. The molecule has 0 aliphatic carbocycles. The van der Waals surface area contributed by atoms with E-state index in [1.54, 1.807) is 20.8 Å². The highest BCUT2D eigenvalue weighted by Gasteiger charge is 2.48. The van der Waals surface area contributed by atoms with E-state index in [4.69, 9.17) is 4.74 Å². The second-order valence-corrected chi connectivity index (χ2v) is 8.79. The summed E-state index contributed by atoms with van der Waals surface area (Å²) in [6.07, 6.45) is -0.565. The van der Waals surface area contributed by atoms with E-state index in [-0.39, 0.29) is 37.3 Å². The number of rotatable bonds is 2. The smallest absolute Gasteiger partial charge is 0.410 e. The van der Waals surface area contributed by atoms with Gasteiger partial charge >= 0.3 is 6.09 Å². The Labute approximate surface area is 172 Å². The highest BCUT2D eigenvalue weighted by atomic mass is 19.3. The number of alkyl halides is 2. The third kappa shape index (κ3) is 4.76. The summed E-state index contributed by atoms with van der Waals surface area (Å²) in [6.45, 7) is 4.10. The largest absolute Gasteiger partial charge is 0.444 e. The van der Waals surface area contributed by atoms with E-state index in [0.717, 1.165) is 11.0 Å². The first-order valence-corrected chi connectivity index (χ1v) is 9.86. The van der Waals surface area contributed by atoms with Crippen molar-refractivity contribution in [3.8, 4) is 0 Å². The third-order valence-corrected chi connectivity index (χ3v) is 5.29. The lowest BCUT2D eigenvalue weighted by atomic mass is 9.83. The van der Waals surface area contributed by atoms with E-state index in [0.29, 0.717) is 5.56 Å². The summed E-state index contributed by atoms with van der Waals surface area (Å²) >= 11 is 0. The molecule has 2 heterocycles. The Kier molecular flexibility index (Phi) is 5.84. The number of carbonyl (C=O) groups excluding carboxylic acids is 3. The zero-order valence-corrected chi connectivity index (χ0v) is 17.1. The van der Waals surface area contributed by atoms with Crippen molar-refractivity contribution < 1.29 is 32.3 Å². The van der Waals surface area contributed by atoms with Crippen LogP contribution >= 0.6 is 0 Å². The highest BCUT2D eigenvalue weighted by Crippen LogP contribution is 2.42. The van der Waals surface area contributed by atoms with Crippen LogP contribution in [0.25, 0.3) is 0 Å². The number of piperidine rings is 2. The molecular weight excluding hydrogens is 401 g/mol. The maximum Gasteiger partial charge on any atom is 0.410 e. The SMILES string of the molecule is CC(C)(C)OC(=O)N1CCC(c2ccc(C3CCC(=O)NC3=O)cc2F)C(F)(F)C1. The van der Waals surface area contributed by atoms with Crippen LogP contribution < -0.4 is 5.32 Å².